The fourth-order valence-electron chi connectivity index (χ4n) is 2.81. The van der Waals surface area contributed by atoms with Crippen molar-refractivity contribution < 1.29 is 14.3 Å². The zero-order chi connectivity index (χ0) is 16.9. The number of para-hydroxylation sites is 2. The average Bonchev–Trinajstić information content (AvgIpc) is 3.04. The van der Waals surface area contributed by atoms with Crippen LogP contribution in [0.2, 0.25) is 0 Å². The number of rotatable bonds is 6. The first-order valence-corrected chi connectivity index (χ1v) is 7.78. The smallest absolute Gasteiger partial charge is 0.255 e. The number of carbonyl (C=O) groups excluding carboxylic acids is 1. The summed E-state index contributed by atoms with van der Waals surface area (Å²) in [6.07, 6.45) is 2.74. The van der Waals surface area contributed by atoms with Gasteiger partial charge < -0.3 is 19.8 Å². The normalized spacial score (nSPS) is 10.6. The number of nitrogens with one attached hydrogen (secondary N) is 2. The summed E-state index contributed by atoms with van der Waals surface area (Å²) in [5, 5.41) is 4.13. The maximum Gasteiger partial charge on any atom is 0.255 e. The summed E-state index contributed by atoms with van der Waals surface area (Å²) in [5.74, 6) is 0.817. The molecule has 1 amide bonds. The molecule has 0 aliphatic carbocycles. The van der Waals surface area contributed by atoms with Crippen molar-refractivity contribution in [1.82, 2.24) is 10.3 Å². The van der Waals surface area contributed by atoms with Crippen molar-refractivity contribution in [1.29, 1.82) is 0 Å². The van der Waals surface area contributed by atoms with E-state index in [9.17, 15) is 4.79 Å². The summed E-state index contributed by atoms with van der Waals surface area (Å²) in [4.78, 5) is 15.7. The van der Waals surface area contributed by atoms with Gasteiger partial charge in [0, 0.05) is 23.6 Å². The zero-order valence-corrected chi connectivity index (χ0v) is 13.8. The van der Waals surface area contributed by atoms with E-state index in [0.29, 0.717) is 23.6 Å². The van der Waals surface area contributed by atoms with E-state index >= 15 is 0 Å². The SMILES string of the molecule is COc1cccc(C(=O)NCCc2c[nH]c3ccccc23)c1OC. The molecule has 0 saturated carbocycles. The number of amides is 1. The third-order valence-electron chi connectivity index (χ3n) is 4.00. The van der Waals surface area contributed by atoms with Gasteiger partial charge in [0.1, 0.15) is 0 Å². The number of benzene rings is 2. The topological polar surface area (TPSA) is 63.3 Å². The Hall–Kier alpha value is -2.95. The number of ether oxygens (including phenoxy) is 2. The van der Waals surface area contributed by atoms with Crippen molar-refractivity contribution in [2.45, 2.75) is 6.42 Å². The van der Waals surface area contributed by atoms with Crippen molar-refractivity contribution in [3.63, 3.8) is 0 Å². The molecule has 0 spiro atoms. The lowest BCUT2D eigenvalue weighted by Gasteiger charge is -2.12. The molecule has 0 fully saturated rings. The fourth-order valence-corrected chi connectivity index (χ4v) is 2.81. The van der Waals surface area contributed by atoms with E-state index in [1.807, 2.05) is 24.4 Å². The van der Waals surface area contributed by atoms with Gasteiger partial charge in [-0.15, -0.1) is 0 Å². The molecule has 2 N–H and O–H groups in total. The summed E-state index contributed by atoms with van der Waals surface area (Å²) in [6, 6.07) is 13.4. The number of aromatic amines is 1. The molecule has 0 saturated heterocycles. The van der Waals surface area contributed by atoms with E-state index in [0.717, 1.165) is 11.9 Å². The number of hydrogen-bond donors (Lipinski definition) is 2. The molecule has 0 radical (unpaired) electrons. The molecular weight excluding hydrogens is 304 g/mol. The summed E-state index contributed by atoms with van der Waals surface area (Å²) < 4.78 is 10.5. The lowest BCUT2D eigenvalue weighted by atomic mass is 10.1. The molecule has 3 aromatic rings. The van der Waals surface area contributed by atoms with E-state index < -0.39 is 0 Å². The highest BCUT2D eigenvalue weighted by Crippen LogP contribution is 2.30. The summed E-state index contributed by atoms with van der Waals surface area (Å²) >= 11 is 0. The molecule has 3 rings (SSSR count). The number of fused-ring (bicyclic) bond motifs is 1. The van der Waals surface area contributed by atoms with Crippen LogP contribution in [0.15, 0.2) is 48.7 Å². The molecule has 0 bridgehead atoms. The molecule has 0 aliphatic heterocycles. The standard InChI is InChI=1S/C19H20N2O3/c1-23-17-9-5-7-15(18(17)24-2)19(22)20-11-10-13-12-21-16-8-4-3-6-14(13)16/h3-9,12,21H,10-11H2,1-2H3,(H,20,22). The van der Waals surface area contributed by atoms with E-state index in [1.165, 1.54) is 18.1 Å². The Bertz CT molecular complexity index is 855. The number of hydrogen-bond acceptors (Lipinski definition) is 3. The van der Waals surface area contributed by atoms with Crippen LogP contribution < -0.4 is 14.8 Å². The van der Waals surface area contributed by atoms with Crippen LogP contribution in [0.4, 0.5) is 0 Å². The van der Waals surface area contributed by atoms with Gasteiger partial charge in [-0.1, -0.05) is 24.3 Å². The van der Waals surface area contributed by atoms with Crippen molar-refractivity contribution in [3.05, 3.63) is 59.8 Å². The molecule has 5 nitrogen and oxygen atoms in total. The third-order valence-corrected chi connectivity index (χ3v) is 4.00. The van der Waals surface area contributed by atoms with E-state index in [1.54, 1.807) is 25.3 Å². The molecule has 1 heterocycles. The van der Waals surface area contributed by atoms with Gasteiger partial charge in [0.15, 0.2) is 11.5 Å². The maximum atomic E-state index is 12.4. The predicted molar refractivity (Wildman–Crippen MR) is 93.9 cm³/mol. The minimum atomic E-state index is -0.175. The Kier molecular flexibility index (Phi) is 4.70. The van der Waals surface area contributed by atoms with E-state index in [4.69, 9.17) is 9.47 Å². The number of carbonyl (C=O) groups is 1. The van der Waals surface area contributed by atoms with Crippen LogP contribution in [0.3, 0.4) is 0 Å². The van der Waals surface area contributed by atoms with Crippen LogP contribution in [0.25, 0.3) is 10.9 Å². The molecule has 124 valence electrons. The second-order valence-electron chi connectivity index (χ2n) is 5.41. The lowest BCUT2D eigenvalue weighted by Crippen LogP contribution is -2.26. The molecule has 0 unspecified atom stereocenters. The van der Waals surface area contributed by atoms with Gasteiger partial charge in [0.25, 0.3) is 5.91 Å². The highest BCUT2D eigenvalue weighted by molar-refractivity contribution is 5.97. The number of methoxy groups -OCH3 is 2. The maximum absolute atomic E-state index is 12.4. The summed E-state index contributed by atoms with van der Waals surface area (Å²) in [7, 11) is 3.08. The second kappa shape index (κ2) is 7.08. The predicted octanol–water partition coefficient (Wildman–Crippen LogP) is 3.16. The van der Waals surface area contributed by atoms with Gasteiger partial charge in [0.2, 0.25) is 0 Å². The monoisotopic (exact) mass is 324 g/mol. The summed E-state index contributed by atoms with van der Waals surface area (Å²) in [6.45, 7) is 0.543. The molecule has 2 aromatic carbocycles. The van der Waals surface area contributed by atoms with E-state index in [-0.39, 0.29) is 5.91 Å². The van der Waals surface area contributed by atoms with Gasteiger partial charge in [-0.05, 0) is 30.2 Å². The summed E-state index contributed by atoms with van der Waals surface area (Å²) in [5.41, 5.74) is 2.76. The van der Waals surface area contributed by atoms with Gasteiger partial charge in [-0.3, -0.25) is 4.79 Å². The van der Waals surface area contributed by atoms with Crippen LogP contribution >= 0.6 is 0 Å². The van der Waals surface area contributed by atoms with Crippen molar-refractivity contribution >= 4 is 16.8 Å². The minimum Gasteiger partial charge on any atom is -0.493 e. The van der Waals surface area contributed by atoms with Gasteiger partial charge in [-0.2, -0.15) is 0 Å². The van der Waals surface area contributed by atoms with Crippen molar-refractivity contribution in [3.8, 4) is 11.5 Å². The molecule has 0 atom stereocenters. The first-order chi connectivity index (χ1) is 11.7. The molecule has 24 heavy (non-hydrogen) atoms. The Labute approximate surface area is 140 Å². The van der Waals surface area contributed by atoms with Crippen LogP contribution in [0.5, 0.6) is 11.5 Å². The highest BCUT2D eigenvalue weighted by atomic mass is 16.5. The van der Waals surface area contributed by atoms with Gasteiger partial charge in [0.05, 0.1) is 19.8 Å². The van der Waals surface area contributed by atoms with E-state index in [2.05, 4.69) is 16.4 Å². The Balaban J connectivity index is 1.68. The van der Waals surface area contributed by atoms with Gasteiger partial charge >= 0.3 is 0 Å². The second-order valence-corrected chi connectivity index (χ2v) is 5.41. The largest absolute Gasteiger partial charge is 0.493 e. The average molecular weight is 324 g/mol. The Morgan fingerprint density at radius 1 is 1.08 bits per heavy atom. The molecular formula is C19H20N2O3. The Morgan fingerprint density at radius 3 is 2.71 bits per heavy atom. The molecule has 1 aromatic heterocycles. The minimum absolute atomic E-state index is 0.175. The fraction of sp³-hybridized carbons (Fsp3) is 0.211. The van der Waals surface area contributed by atoms with Crippen molar-refractivity contribution in [2.24, 2.45) is 0 Å². The van der Waals surface area contributed by atoms with Crippen molar-refractivity contribution in [2.75, 3.05) is 20.8 Å². The van der Waals surface area contributed by atoms with Crippen LogP contribution in [0.1, 0.15) is 15.9 Å². The zero-order valence-electron chi connectivity index (χ0n) is 13.8. The lowest BCUT2D eigenvalue weighted by molar-refractivity contribution is 0.0950. The van der Waals surface area contributed by atoms with Crippen LogP contribution in [-0.2, 0) is 6.42 Å². The Morgan fingerprint density at radius 2 is 1.92 bits per heavy atom. The first kappa shape index (κ1) is 15.9. The highest BCUT2D eigenvalue weighted by Gasteiger charge is 2.16. The third kappa shape index (κ3) is 3.06. The van der Waals surface area contributed by atoms with Crippen LogP contribution in [-0.4, -0.2) is 31.7 Å². The molecule has 5 heteroatoms. The number of H-pyrrole nitrogens is 1. The van der Waals surface area contributed by atoms with Gasteiger partial charge in [-0.25, -0.2) is 0 Å². The molecule has 0 aliphatic rings. The first-order valence-electron chi connectivity index (χ1n) is 7.78. The van der Waals surface area contributed by atoms with Crippen LogP contribution in [0, 0.1) is 0 Å². The number of aromatic nitrogens is 1. The quantitative estimate of drug-likeness (QED) is 0.732.